The zero-order valence-corrected chi connectivity index (χ0v) is 29.2. The molecule has 54 heavy (non-hydrogen) atoms. The molecule has 0 saturated heterocycles. The summed E-state index contributed by atoms with van der Waals surface area (Å²) in [5.41, 5.74) is 2.97. The maximum atomic E-state index is 14.7. The van der Waals surface area contributed by atoms with Crippen LogP contribution in [0.2, 0.25) is 0 Å². The first-order chi connectivity index (χ1) is 26.0. The maximum Gasteiger partial charge on any atom is 0.417 e. The van der Waals surface area contributed by atoms with Crippen molar-refractivity contribution >= 4 is 0 Å². The standard InChI is InChI=1S/C44H32F6N4/c1-3-27-13-11-23-51-41(27)39-21-9-19-37(53-39)33-25-32(30-16-6-8-18-36(30)44(48,49)50)34(26-31(33)29-15-5-7-17-35(29)43(45,46)47)38-20-10-22-40(54-38)42-28(4-2)14-12-24-52-42/h5-26H,3-4H2,1-2H3. The van der Waals surface area contributed by atoms with Crippen LogP contribution < -0.4 is 0 Å². The van der Waals surface area contributed by atoms with Crippen molar-refractivity contribution in [2.45, 2.75) is 39.0 Å². The fourth-order valence-corrected chi connectivity index (χ4v) is 6.74. The average Bonchev–Trinajstić information content (AvgIpc) is 3.19. The van der Waals surface area contributed by atoms with Crippen LogP contribution in [0.25, 0.3) is 67.5 Å². The zero-order valence-electron chi connectivity index (χ0n) is 29.2. The van der Waals surface area contributed by atoms with Crippen LogP contribution in [0.5, 0.6) is 0 Å². The number of benzene rings is 3. The molecule has 0 aliphatic heterocycles. The molecule has 0 radical (unpaired) electrons. The third kappa shape index (κ3) is 7.11. The molecule has 0 atom stereocenters. The van der Waals surface area contributed by atoms with Crippen molar-refractivity contribution in [3.8, 4) is 67.5 Å². The molecule has 0 spiro atoms. The summed E-state index contributed by atoms with van der Waals surface area (Å²) in [5.74, 6) is 0. The van der Waals surface area contributed by atoms with Gasteiger partial charge in [0.15, 0.2) is 0 Å². The molecule has 0 unspecified atom stereocenters. The van der Waals surface area contributed by atoms with Crippen molar-refractivity contribution < 1.29 is 26.3 Å². The van der Waals surface area contributed by atoms with Gasteiger partial charge in [-0.15, -0.1) is 0 Å². The van der Waals surface area contributed by atoms with Crippen molar-refractivity contribution in [2.24, 2.45) is 0 Å². The molecule has 0 bridgehead atoms. The van der Waals surface area contributed by atoms with E-state index >= 15 is 0 Å². The highest BCUT2D eigenvalue weighted by molar-refractivity contribution is 5.95. The summed E-state index contributed by atoms with van der Waals surface area (Å²) in [6, 6.07) is 30.9. The van der Waals surface area contributed by atoms with Crippen molar-refractivity contribution in [2.75, 3.05) is 0 Å². The summed E-state index contributed by atoms with van der Waals surface area (Å²) < 4.78 is 88.4. The smallest absolute Gasteiger partial charge is 0.254 e. The Morgan fingerprint density at radius 2 is 0.796 bits per heavy atom. The lowest BCUT2D eigenvalue weighted by Crippen LogP contribution is -2.09. The molecule has 4 aromatic heterocycles. The second-order valence-electron chi connectivity index (χ2n) is 12.6. The minimum Gasteiger partial charge on any atom is -0.254 e. The van der Waals surface area contributed by atoms with E-state index in [2.05, 4.69) is 9.97 Å². The predicted molar refractivity (Wildman–Crippen MR) is 199 cm³/mol. The molecule has 0 amide bonds. The Kier molecular flexibility index (Phi) is 9.85. The average molecular weight is 731 g/mol. The molecule has 4 nitrogen and oxygen atoms in total. The van der Waals surface area contributed by atoms with Gasteiger partial charge in [-0.1, -0.05) is 74.5 Å². The van der Waals surface area contributed by atoms with E-state index in [1.165, 1.54) is 48.5 Å². The summed E-state index contributed by atoms with van der Waals surface area (Å²) in [6.45, 7) is 3.94. The Bertz CT molecular complexity index is 2300. The van der Waals surface area contributed by atoms with Crippen LogP contribution in [-0.4, -0.2) is 19.9 Å². The summed E-state index contributed by atoms with van der Waals surface area (Å²) >= 11 is 0. The van der Waals surface area contributed by atoms with Gasteiger partial charge < -0.3 is 0 Å². The van der Waals surface area contributed by atoms with Gasteiger partial charge in [-0.25, -0.2) is 9.97 Å². The molecular formula is C44H32F6N4. The second kappa shape index (κ2) is 14.7. The fourth-order valence-electron chi connectivity index (χ4n) is 6.74. The topological polar surface area (TPSA) is 51.6 Å². The van der Waals surface area contributed by atoms with Crippen LogP contribution in [0.1, 0.15) is 36.1 Å². The molecule has 0 saturated carbocycles. The Morgan fingerprint density at radius 3 is 1.19 bits per heavy atom. The van der Waals surface area contributed by atoms with Crippen LogP contribution in [0.3, 0.4) is 0 Å². The third-order valence-electron chi connectivity index (χ3n) is 9.28. The van der Waals surface area contributed by atoms with Gasteiger partial charge >= 0.3 is 12.4 Å². The molecule has 4 heterocycles. The van der Waals surface area contributed by atoms with Gasteiger partial charge in [-0.05, 0) is 107 Å². The zero-order chi connectivity index (χ0) is 38.0. The first-order valence-corrected chi connectivity index (χ1v) is 17.3. The summed E-state index contributed by atoms with van der Waals surface area (Å²) in [5, 5.41) is 0. The van der Waals surface area contributed by atoms with Crippen LogP contribution in [0, 0.1) is 0 Å². The summed E-state index contributed by atoms with van der Waals surface area (Å²) in [4.78, 5) is 18.9. The first-order valence-electron chi connectivity index (χ1n) is 17.3. The SMILES string of the molecule is CCc1cccnc1-c1cccc(-c2cc(-c3ccccc3C(F)(F)F)c(-c3cccc(-c4ncccc4CC)n3)cc2-c2ccccc2C(F)(F)F)n1. The van der Waals surface area contributed by atoms with Crippen LogP contribution in [-0.2, 0) is 25.2 Å². The number of hydrogen-bond donors (Lipinski definition) is 0. The molecule has 10 heteroatoms. The number of hydrogen-bond acceptors (Lipinski definition) is 4. The molecule has 0 aliphatic carbocycles. The van der Waals surface area contributed by atoms with Crippen molar-refractivity contribution in [3.05, 3.63) is 156 Å². The molecular weight excluding hydrogens is 698 g/mol. The number of rotatable bonds is 8. The molecule has 0 fully saturated rings. The molecule has 0 aliphatic rings. The molecule has 7 aromatic rings. The molecule has 3 aromatic carbocycles. The van der Waals surface area contributed by atoms with Crippen molar-refractivity contribution in [1.29, 1.82) is 0 Å². The Morgan fingerprint density at radius 1 is 0.407 bits per heavy atom. The van der Waals surface area contributed by atoms with Gasteiger partial charge in [0.25, 0.3) is 0 Å². The lowest BCUT2D eigenvalue weighted by molar-refractivity contribution is -0.137. The fraction of sp³-hybridized carbons (Fsp3) is 0.136. The Hall–Kier alpha value is -6.16. The largest absolute Gasteiger partial charge is 0.417 e. The van der Waals surface area contributed by atoms with Gasteiger partial charge in [-0.3, -0.25) is 9.97 Å². The van der Waals surface area contributed by atoms with E-state index < -0.39 is 23.5 Å². The number of nitrogens with zero attached hydrogens (tertiary/aromatic N) is 4. The quantitative estimate of drug-likeness (QED) is 0.146. The normalized spacial score (nSPS) is 11.9. The lowest BCUT2D eigenvalue weighted by Gasteiger charge is -2.22. The van der Waals surface area contributed by atoms with Gasteiger partial charge in [0.1, 0.15) is 0 Å². The number of halogens is 6. The minimum atomic E-state index is -4.75. The van der Waals surface area contributed by atoms with Crippen molar-refractivity contribution in [3.63, 3.8) is 0 Å². The van der Waals surface area contributed by atoms with E-state index in [1.54, 1.807) is 60.9 Å². The summed E-state index contributed by atoms with van der Waals surface area (Å²) in [6.07, 6.45) is -4.94. The number of alkyl halides is 6. The van der Waals surface area contributed by atoms with E-state index in [0.29, 0.717) is 35.6 Å². The van der Waals surface area contributed by atoms with Gasteiger partial charge in [0.05, 0.1) is 45.3 Å². The Balaban J connectivity index is 1.59. The van der Waals surface area contributed by atoms with Crippen LogP contribution in [0.4, 0.5) is 26.3 Å². The first kappa shape index (κ1) is 36.2. The minimum absolute atomic E-state index is 0.117. The van der Waals surface area contributed by atoms with E-state index in [9.17, 15) is 26.3 Å². The Labute approximate surface area is 308 Å². The molecule has 270 valence electrons. The van der Waals surface area contributed by atoms with Crippen LogP contribution in [0.15, 0.2) is 134 Å². The van der Waals surface area contributed by atoms with E-state index in [1.807, 2.05) is 26.0 Å². The van der Waals surface area contributed by atoms with E-state index in [0.717, 1.165) is 23.3 Å². The molecule has 7 rings (SSSR count). The predicted octanol–water partition coefficient (Wildman–Crippen LogP) is 12.4. The molecule has 0 N–H and O–H groups in total. The maximum absolute atomic E-state index is 14.7. The highest BCUT2D eigenvalue weighted by Crippen LogP contribution is 2.47. The van der Waals surface area contributed by atoms with E-state index in [-0.39, 0.29) is 44.8 Å². The van der Waals surface area contributed by atoms with Crippen molar-refractivity contribution in [1.82, 2.24) is 19.9 Å². The van der Waals surface area contributed by atoms with E-state index in [4.69, 9.17) is 9.97 Å². The highest BCUT2D eigenvalue weighted by Gasteiger charge is 2.36. The third-order valence-corrected chi connectivity index (χ3v) is 9.28. The second-order valence-corrected chi connectivity index (χ2v) is 12.6. The number of aromatic nitrogens is 4. The highest BCUT2D eigenvalue weighted by atomic mass is 19.4. The number of pyridine rings is 4. The van der Waals surface area contributed by atoms with Crippen LogP contribution >= 0.6 is 0 Å². The lowest BCUT2D eigenvalue weighted by atomic mass is 9.85. The number of aryl methyl sites for hydroxylation is 2. The van der Waals surface area contributed by atoms with Gasteiger partial charge in [-0.2, -0.15) is 26.3 Å². The van der Waals surface area contributed by atoms with Gasteiger partial charge in [0.2, 0.25) is 0 Å². The summed E-state index contributed by atoms with van der Waals surface area (Å²) in [7, 11) is 0. The monoisotopic (exact) mass is 730 g/mol. The van der Waals surface area contributed by atoms with Gasteiger partial charge in [0, 0.05) is 23.5 Å².